The van der Waals surface area contributed by atoms with E-state index in [1.165, 1.54) is 6.92 Å². The zero-order chi connectivity index (χ0) is 12.1. The van der Waals surface area contributed by atoms with E-state index >= 15 is 0 Å². The third-order valence-electron chi connectivity index (χ3n) is 1.44. The molecule has 6 heteroatoms. The van der Waals surface area contributed by atoms with E-state index in [2.05, 4.69) is 24.1 Å². The first-order chi connectivity index (χ1) is 6.77. The van der Waals surface area contributed by atoms with Gasteiger partial charge in [0.25, 0.3) is 7.51 Å². The van der Waals surface area contributed by atoms with Crippen LogP contribution in [0.25, 0.3) is 0 Å². The summed E-state index contributed by atoms with van der Waals surface area (Å²) in [6.45, 7) is 12.4. The van der Waals surface area contributed by atoms with Crippen LogP contribution in [-0.4, -0.2) is 27.0 Å². The molecule has 4 nitrogen and oxygen atoms in total. The lowest BCUT2D eigenvalue weighted by Crippen LogP contribution is -2.18. The van der Waals surface area contributed by atoms with Crippen molar-refractivity contribution in [3.8, 4) is 0 Å². The number of hydrogen-bond donors (Lipinski definition) is 0. The van der Waals surface area contributed by atoms with Crippen LogP contribution in [0.5, 0.6) is 0 Å². The molecule has 0 saturated heterocycles. The number of hydrogen-bond acceptors (Lipinski definition) is 4. The second-order valence-corrected chi connectivity index (χ2v) is 11.5. The molecule has 0 fully saturated rings. The van der Waals surface area contributed by atoms with Crippen molar-refractivity contribution in [1.82, 2.24) is 0 Å². The van der Waals surface area contributed by atoms with Gasteiger partial charge in [0.2, 0.25) is 5.52 Å². The Hall–Kier alpha value is 0.0369. The van der Waals surface area contributed by atoms with Gasteiger partial charge in [0.1, 0.15) is 0 Å². The van der Waals surface area contributed by atoms with Crippen LogP contribution >= 0.6 is 7.51 Å². The summed E-state index contributed by atoms with van der Waals surface area (Å²) in [5, 5.41) is 0. The third kappa shape index (κ3) is 5.07. The lowest BCUT2D eigenvalue weighted by Gasteiger charge is -2.24. The fourth-order valence-corrected chi connectivity index (χ4v) is 6.42. The van der Waals surface area contributed by atoms with Gasteiger partial charge in [-0.05, 0) is 33.5 Å². The van der Waals surface area contributed by atoms with Gasteiger partial charge in [-0.15, -0.1) is 0 Å². The Morgan fingerprint density at radius 3 is 1.80 bits per heavy atom. The van der Waals surface area contributed by atoms with Crippen molar-refractivity contribution in [1.29, 1.82) is 0 Å². The molecule has 0 saturated carbocycles. The molecule has 0 aliphatic carbocycles. The molecule has 0 bridgehead atoms. The second-order valence-electron chi connectivity index (χ2n) is 4.15. The fraction of sp³-hybridized carbons (Fsp3) is 0.889. The molecule has 90 valence electrons. The molecule has 0 aromatic heterocycles. The zero-order valence-corrected chi connectivity index (χ0v) is 12.4. The average Bonchev–Trinajstić information content (AvgIpc) is 2.01. The van der Waals surface area contributed by atoms with Crippen molar-refractivity contribution in [2.75, 3.05) is 13.2 Å². The van der Waals surface area contributed by atoms with Crippen LogP contribution in [0, 0.1) is 0 Å². The Labute approximate surface area is 93.7 Å². The van der Waals surface area contributed by atoms with Crippen LogP contribution in [0.1, 0.15) is 20.8 Å². The molecule has 0 spiro atoms. The molecule has 0 rings (SSSR count). The minimum Gasteiger partial charge on any atom is -0.319 e. The summed E-state index contributed by atoms with van der Waals surface area (Å²) >= 11 is 0. The molecular formula is C9H22NO3PSi. The minimum atomic E-state index is -2.64. The van der Waals surface area contributed by atoms with E-state index in [0.717, 1.165) is 0 Å². The summed E-state index contributed by atoms with van der Waals surface area (Å²) in [6.07, 6.45) is 0. The number of carbonyl (C=O) groups is 1. The summed E-state index contributed by atoms with van der Waals surface area (Å²) in [6, 6.07) is 0. The highest BCUT2D eigenvalue weighted by Crippen LogP contribution is 2.53. The van der Waals surface area contributed by atoms with E-state index in [-0.39, 0.29) is 5.52 Å². The van der Waals surface area contributed by atoms with Gasteiger partial charge in [0, 0.05) is 6.92 Å². The summed E-state index contributed by atoms with van der Waals surface area (Å²) in [5.74, 6) is 0. The molecule has 0 radical (unpaired) electrons. The van der Waals surface area contributed by atoms with Gasteiger partial charge < -0.3 is 9.05 Å². The van der Waals surface area contributed by atoms with Crippen LogP contribution < -0.4 is 0 Å². The van der Waals surface area contributed by atoms with Gasteiger partial charge in [-0.3, -0.25) is 9.21 Å². The predicted octanol–water partition coefficient (Wildman–Crippen LogP) is 3.47. The Balaban J connectivity index is 5.30. The Bertz CT molecular complexity index is 263. The standard InChI is InChI=1S/C9H22NO3PSi/c1-7-12-14(9(3)11,13-8-2)10-15(4,5)6/h7-8H2,1-6H3. The van der Waals surface area contributed by atoms with Crippen molar-refractivity contribution in [3.05, 3.63) is 0 Å². The molecule has 0 aliphatic rings. The topological polar surface area (TPSA) is 47.9 Å². The highest BCUT2D eigenvalue weighted by Gasteiger charge is 2.30. The van der Waals surface area contributed by atoms with Crippen LogP contribution in [-0.2, 0) is 13.8 Å². The third-order valence-corrected chi connectivity index (χ3v) is 6.90. The maximum atomic E-state index is 11.7. The molecule has 0 amide bonds. The monoisotopic (exact) mass is 251 g/mol. The summed E-state index contributed by atoms with van der Waals surface area (Å²) in [5.41, 5.74) is -0.0753. The molecule has 0 aromatic rings. The predicted molar refractivity (Wildman–Crippen MR) is 66.6 cm³/mol. The molecular weight excluding hydrogens is 229 g/mol. The first kappa shape index (κ1) is 15.0. The maximum absolute atomic E-state index is 11.7. The largest absolute Gasteiger partial charge is 0.319 e. The van der Waals surface area contributed by atoms with Crippen LogP contribution in [0.3, 0.4) is 0 Å². The van der Waals surface area contributed by atoms with E-state index < -0.39 is 15.7 Å². The van der Waals surface area contributed by atoms with Crippen molar-refractivity contribution in [3.63, 3.8) is 0 Å². The van der Waals surface area contributed by atoms with Crippen molar-refractivity contribution >= 4 is 21.3 Å². The van der Waals surface area contributed by atoms with E-state index in [4.69, 9.17) is 9.05 Å². The lowest BCUT2D eigenvalue weighted by molar-refractivity contribution is -0.111. The van der Waals surface area contributed by atoms with Gasteiger partial charge in [0.15, 0.2) is 8.24 Å². The molecule has 0 aromatic carbocycles. The lowest BCUT2D eigenvalue weighted by atomic mass is 10.9. The zero-order valence-electron chi connectivity index (χ0n) is 10.5. The van der Waals surface area contributed by atoms with Gasteiger partial charge in [-0.25, -0.2) is 0 Å². The van der Waals surface area contributed by atoms with Crippen molar-refractivity contribution in [2.24, 2.45) is 4.41 Å². The minimum absolute atomic E-state index is 0.0753. The van der Waals surface area contributed by atoms with E-state index in [9.17, 15) is 4.79 Å². The van der Waals surface area contributed by atoms with E-state index in [0.29, 0.717) is 13.2 Å². The van der Waals surface area contributed by atoms with Gasteiger partial charge >= 0.3 is 0 Å². The molecule has 0 atom stereocenters. The normalized spacial score (nSPS) is 12.7. The first-order valence-electron chi connectivity index (χ1n) is 5.21. The first-order valence-corrected chi connectivity index (χ1v) is 10.2. The molecule has 15 heavy (non-hydrogen) atoms. The quantitative estimate of drug-likeness (QED) is 0.536. The van der Waals surface area contributed by atoms with Crippen LogP contribution in [0.2, 0.25) is 19.6 Å². The van der Waals surface area contributed by atoms with Gasteiger partial charge in [-0.2, -0.15) is 0 Å². The van der Waals surface area contributed by atoms with Gasteiger partial charge in [-0.1, -0.05) is 0 Å². The summed E-state index contributed by atoms with van der Waals surface area (Å²) in [4.78, 5) is 11.7. The van der Waals surface area contributed by atoms with Gasteiger partial charge in [0.05, 0.1) is 13.2 Å². The number of rotatable bonds is 6. The average molecular weight is 251 g/mol. The van der Waals surface area contributed by atoms with Crippen molar-refractivity contribution in [2.45, 2.75) is 40.4 Å². The smallest absolute Gasteiger partial charge is 0.270 e. The molecule has 0 heterocycles. The van der Waals surface area contributed by atoms with Crippen LogP contribution in [0.4, 0.5) is 0 Å². The summed E-state index contributed by atoms with van der Waals surface area (Å²) in [7, 11) is -4.37. The molecule has 0 N–H and O–H groups in total. The number of nitrogens with zero attached hydrogens (tertiary/aromatic N) is 1. The molecule has 0 unspecified atom stereocenters. The second kappa shape index (κ2) is 5.94. The van der Waals surface area contributed by atoms with Crippen molar-refractivity contribution < 1.29 is 13.8 Å². The highest BCUT2D eigenvalue weighted by molar-refractivity contribution is 7.74. The SMILES string of the molecule is CCOP(=N[Si](C)(C)C)(OCC)C(C)=O. The Morgan fingerprint density at radius 1 is 1.20 bits per heavy atom. The van der Waals surface area contributed by atoms with E-state index in [1.807, 2.05) is 13.8 Å². The fourth-order valence-electron chi connectivity index (χ4n) is 1.09. The maximum Gasteiger partial charge on any atom is 0.270 e. The Morgan fingerprint density at radius 2 is 1.60 bits per heavy atom. The highest BCUT2D eigenvalue weighted by atomic mass is 31.2. The van der Waals surface area contributed by atoms with Crippen LogP contribution in [0.15, 0.2) is 4.41 Å². The number of carbonyl (C=O) groups excluding carboxylic acids is 1. The van der Waals surface area contributed by atoms with E-state index in [1.54, 1.807) is 0 Å². The Kier molecular flexibility index (Phi) is 5.96. The summed E-state index contributed by atoms with van der Waals surface area (Å²) < 4.78 is 15.6. The molecule has 0 aliphatic heterocycles.